The molecule has 1 fully saturated rings. The topological polar surface area (TPSA) is 41.6 Å². The number of nitrogens with zero attached hydrogens (tertiary/aromatic N) is 1. The summed E-state index contributed by atoms with van der Waals surface area (Å²) in [5.74, 6) is -0.182. The number of methoxy groups -OCH3 is 1. The fraction of sp³-hybridized carbons (Fsp3) is 0.917. The maximum atomic E-state index is 11.0. The molecule has 0 saturated carbocycles. The number of carbonyl (C=O) groups excluding carboxylic acids is 1. The number of hydrogen-bond donors (Lipinski definition) is 1. The van der Waals surface area contributed by atoms with Gasteiger partial charge >= 0.3 is 5.97 Å². The largest absolute Gasteiger partial charge is 0.468 e. The van der Waals surface area contributed by atoms with Crippen molar-refractivity contribution in [3.05, 3.63) is 0 Å². The van der Waals surface area contributed by atoms with E-state index in [-0.39, 0.29) is 11.5 Å². The Morgan fingerprint density at radius 1 is 1.38 bits per heavy atom. The van der Waals surface area contributed by atoms with Crippen LogP contribution in [0.1, 0.15) is 33.6 Å². The Kier molecular flexibility index (Phi) is 4.74. The standard InChI is InChI=1S/C12H24N2O2/c1-12(2,3)14-7-5-10(6-8-14)13-9-11(15)16-4/h10,13H,5-9H2,1-4H3. The van der Waals surface area contributed by atoms with E-state index in [1.165, 1.54) is 7.11 Å². The summed E-state index contributed by atoms with van der Waals surface area (Å²) in [6.45, 7) is 9.26. The average Bonchev–Trinajstić information content (AvgIpc) is 2.25. The van der Waals surface area contributed by atoms with E-state index in [0.717, 1.165) is 25.9 Å². The van der Waals surface area contributed by atoms with Crippen molar-refractivity contribution in [2.75, 3.05) is 26.7 Å². The van der Waals surface area contributed by atoms with E-state index < -0.39 is 0 Å². The molecule has 1 saturated heterocycles. The number of hydrogen-bond acceptors (Lipinski definition) is 4. The molecule has 1 N–H and O–H groups in total. The quantitative estimate of drug-likeness (QED) is 0.732. The van der Waals surface area contributed by atoms with Crippen molar-refractivity contribution in [3.8, 4) is 0 Å². The van der Waals surface area contributed by atoms with Gasteiger partial charge < -0.3 is 10.1 Å². The molecule has 0 aromatic heterocycles. The summed E-state index contributed by atoms with van der Waals surface area (Å²) >= 11 is 0. The van der Waals surface area contributed by atoms with E-state index in [1.54, 1.807) is 0 Å². The molecule has 0 aromatic carbocycles. The van der Waals surface area contributed by atoms with Crippen LogP contribution in [0.2, 0.25) is 0 Å². The van der Waals surface area contributed by atoms with Crippen molar-refractivity contribution in [3.63, 3.8) is 0 Å². The third-order valence-corrected chi connectivity index (χ3v) is 3.21. The molecule has 1 heterocycles. The Bertz CT molecular complexity index is 228. The zero-order chi connectivity index (χ0) is 12.2. The fourth-order valence-corrected chi connectivity index (χ4v) is 2.05. The van der Waals surface area contributed by atoms with Crippen LogP contribution in [-0.2, 0) is 9.53 Å². The van der Waals surface area contributed by atoms with E-state index in [4.69, 9.17) is 0 Å². The van der Waals surface area contributed by atoms with Gasteiger partial charge in [0, 0.05) is 24.7 Å². The summed E-state index contributed by atoms with van der Waals surface area (Å²) in [7, 11) is 1.42. The van der Waals surface area contributed by atoms with E-state index >= 15 is 0 Å². The average molecular weight is 228 g/mol. The van der Waals surface area contributed by atoms with Gasteiger partial charge in [-0.3, -0.25) is 9.69 Å². The SMILES string of the molecule is COC(=O)CNC1CCN(C(C)(C)C)CC1. The van der Waals surface area contributed by atoms with Crippen molar-refractivity contribution in [1.29, 1.82) is 0 Å². The first-order valence-corrected chi connectivity index (χ1v) is 5.98. The molecule has 1 aliphatic heterocycles. The molecule has 0 spiro atoms. The Morgan fingerprint density at radius 3 is 2.38 bits per heavy atom. The predicted octanol–water partition coefficient (Wildman–Crippen LogP) is 1.01. The lowest BCUT2D eigenvalue weighted by Gasteiger charge is -2.41. The Balaban J connectivity index is 2.25. The molecule has 0 aliphatic carbocycles. The van der Waals surface area contributed by atoms with Crippen LogP contribution < -0.4 is 5.32 Å². The van der Waals surface area contributed by atoms with Gasteiger partial charge in [0.15, 0.2) is 0 Å². The second kappa shape index (κ2) is 5.64. The maximum absolute atomic E-state index is 11.0. The predicted molar refractivity (Wildman–Crippen MR) is 64.4 cm³/mol. The summed E-state index contributed by atoms with van der Waals surface area (Å²) in [6, 6.07) is 0.456. The number of ether oxygens (including phenoxy) is 1. The second-order valence-electron chi connectivity index (χ2n) is 5.39. The van der Waals surface area contributed by atoms with Gasteiger partial charge in [-0.05, 0) is 33.6 Å². The number of esters is 1. The minimum Gasteiger partial charge on any atom is -0.468 e. The van der Waals surface area contributed by atoms with Crippen LogP contribution in [0, 0.1) is 0 Å². The van der Waals surface area contributed by atoms with Gasteiger partial charge in [-0.25, -0.2) is 0 Å². The van der Waals surface area contributed by atoms with Gasteiger partial charge in [0.05, 0.1) is 13.7 Å². The highest BCUT2D eigenvalue weighted by Gasteiger charge is 2.26. The van der Waals surface area contributed by atoms with Gasteiger partial charge in [0.1, 0.15) is 0 Å². The third-order valence-electron chi connectivity index (χ3n) is 3.21. The number of nitrogens with one attached hydrogen (secondary N) is 1. The zero-order valence-electron chi connectivity index (χ0n) is 10.9. The monoisotopic (exact) mass is 228 g/mol. The van der Waals surface area contributed by atoms with Crippen LogP contribution in [0.25, 0.3) is 0 Å². The highest BCUT2D eigenvalue weighted by molar-refractivity contribution is 5.71. The number of piperidine rings is 1. The van der Waals surface area contributed by atoms with Crippen molar-refractivity contribution < 1.29 is 9.53 Å². The molecule has 1 aliphatic rings. The highest BCUT2D eigenvalue weighted by Crippen LogP contribution is 2.19. The highest BCUT2D eigenvalue weighted by atomic mass is 16.5. The molecule has 0 radical (unpaired) electrons. The van der Waals surface area contributed by atoms with Crippen LogP contribution in [0.5, 0.6) is 0 Å². The number of carbonyl (C=O) groups is 1. The molecule has 1 rings (SSSR count). The molecular formula is C12H24N2O2. The summed E-state index contributed by atoms with van der Waals surface area (Å²) in [5.41, 5.74) is 0.257. The van der Waals surface area contributed by atoms with Gasteiger partial charge in [-0.15, -0.1) is 0 Å². The van der Waals surface area contributed by atoms with Crippen LogP contribution in [0.15, 0.2) is 0 Å². The molecule has 0 atom stereocenters. The van der Waals surface area contributed by atoms with Gasteiger partial charge in [-0.1, -0.05) is 0 Å². The molecule has 0 bridgehead atoms. The smallest absolute Gasteiger partial charge is 0.319 e. The number of rotatable bonds is 3. The van der Waals surface area contributed by atoms with Crippen LogP contribution in [0.4, 0.5) is 0 Å². The van der Waals surface area contributed by atoms with Crippen LogP contribution >= 0.6 is 0 Å². The minimum atomic E-state index is -0.182. The molecule has 4 heteroatoms. The maximum Gasteiger partial charge on any atom is 0.319 e. The van der Waals surface area contributed by atoms with Crippen LogP contribution in [-0.4, -0.2) is 49.2 Å². The van der Waals surface area contributed by atoms with E-state index in [0.29, 0.717) is 12.6 Å². The van der Waals surface area contributed by atoms with Crippen molar-refractivity contribution in [2.24, 2.45) is 0 Å². The summed E-state index contributed by atoms with van der Waals surface area (Å²) in [5, 5.41) is 3.24. The molecule has 16 heavy (non-hydrogen) atoms. The Hall–Kier alpha value is -0.610. The number of likely N-dealkylation sites (tertiary alicyclic amines) is 1. The van der Waals surface area contributed by atoms with Gasteiger partial charge in [-0.2, -0.15) is 0 Å². The molecule has 4 nitrogen and oxygen atoms in total. The van der Waals surface area contributed by atoms with Crippen molar-refractivity contribution >= 4 is 5.97 Å². The lowest BCUT2D eigenvalue weighted by molar-refractivity contribution is -0.139. The zero-order valence-corrected chi connectivity index (χ0v) is 10.9. The van der Waals surface area contributed by atoms with Crippen LogP contribution in [0.3, 0.4) is 0 Å². The molecule has 0 unspecified atom stereocenters. The first-order chi connectivity index (χ1) is 7.43. The fourth-order valence-electron chi connectivity index (χ4n) is 2.05. The minimum absolute atomic E-state index is 0.182. The molecular weight excluding hydrogens is 204 g/mol. The first-order valence-electron chi connectivity index (χ1n) is 5.98. The van der Waals surface area contributed by atoms with E-state index in [9.17, 15) is 4.79 Å². The van der Waals surface area contributed by atoms with Gasteiger partial charge in [0.2, 0.25) is 0 Å². The third kappa shape index (κ3) is 4.10. The van der Waals surface area contributed by atoms with E-state index in [1.807, 2.05) is 0 Å². The summed E-state index contributed by atoms with van der Waals surface area (Å²) in [4.78, 5) is 13.5. The lowest BCUT2D eigenvalue weighted by atomic mass is 9.98. The molecule has 0 amide bonds. The van der Waals surface area contributed by atoms with Gasteiger partial charge in [0.25, 0.3) is 0 Å². The molecule has 0 aromatic rings. The molecule has 94 valence electrons. The van der Waals surface area contributed by atoms with E-state index in [2.05, 4.69) is 35.7 Å². The Morgan fingerprint density at radius 2 is 1.94 bits per heavy atom. The second-order valence-corrected chi connectivity index (χ2v) is 5.39. The van der Waals surface area contributed by atoms with Crippen molar-refractivity contribution in [2.45, 2.75) is 45.2 Å². The first kappa shape index (κ1) is 13.5. The van der Waals surface area contributed by atoms with Crippen molar-refractivity contribution in [1.82, 2.24) is 10.2 Å². The summed E-state index contributed by atoms with van der Waals surface area (Å²) < 4.78 is 4.60. The summed E-state index contributed by atoms with van der Waals surface area (Å²) in [6.07, 6.45) is 2.21. The normalized spacial score (nSPS) is 19.8. The Labute approximate surface area is 98.3 Å². The lowest BCUT2D eigenvalue weighted by Crippen LogP contribution is -2.50.